The number of nitrogens with zero attached hydrogens (tertiary/aromatic N) is 2. The normalized spacial score (nSPS) is 15.1. The van der Waals surface area contributed by atoms with Crippen molar-refractivity contribution in [2.24, 2.45) is 4.99 Å². The first-order valence-electron chi connectivity index (χ1n) is 12.1. The molecule has 3 aromatic carbocycles. The molecule has 0 saturated heterocycles. The molecule has 1 aliphatic heterocycles. The van der Waals surface area contributed by atoms with Gasteiger partial charge in [-0.05, 0) is 84.5 Å². The van der Waals surface area contributed by atoms with Crippen LogP contribution in [0.25, 0.3) is 6.08 Å². The number of carbonyl (C=O) groups is 1. The standard InChI is InChI=1S/C29H23BrIN3O4S/c1-3-38-21-11-9-17(10-12-21)25-24(27(36)33-20-7-5-4-6-8-20)16(2)32-29-34(25)28(37)23(39-29)14-18-13-19(30)15-22(31)26(18)35/h4-15,25,35H,3H2,1-2H3,(H,33,36)/b23-14-/t25-/m1/s1. The zero-order valence-corrected chi connectivity index (χ0v) is 25.5. The second-order valence-corrected chi connectivity index (χ2v) is 11.8. The van der Waals surface area contributed by atoms with E-state index in [-0.39, 0.29) is 17.2 Å². The topological polar surface area (TPSA) is 92.9 Å². The third kappa shape index (κ3) is 5.59. The van der Waals surface area contributed by atoms with Crippen molar-refractivity contribution >= 4 is 67.5 Å². The lowest BCUT2D eigenvalue weighted by Gasteiger charge is -2.25. The molecule has 0 aliphatic carbocycles. The summed E-state index contributed by atoms with van der Waals surface area (Å²) in [4.78, 5) is 32.7. The van der Waals surface area contributed by atoms with Gasteiger partial charge in [0.15, 0.2) is 4.80 Å². The van der Waals surface area contributed by atoms with Gasteiger partial charge in [0.2, 0.25) is 0 Å². The van der Waals surface area contributed by atoms with E-state index in [9.17, 15) is 14.7 Å². The van der Waals surface area contributed by atoms with Crippen molar-refractivity contribution in [2.45, 2.75) is 19.9 Å². The van der Waals surface area contributed by atoms with Crippen LogP contribution in [-0.4, -0.2) is 22.2 Å². The highest BCUT2D eigenvalue weighted by atomic mass is 127. The maximum atomic E-state index is 13.9. The molecular formula is C29H23BrIN3O4S. The molecule has 0 radical (unpaired) electrons. The molecule has 0 fully saturated rings. The van der Waals surface area contributed by atoms with Crippen molar-refractivity contribution in [3.05, 3.63) is 117 Å². The zero-order valence-electron chi connectivity index (χ0n) is 20.9. The van der Waals surface area contributed by atoms with Crippen molar-refractivity contribution < 1.29 is 14.6 Å². The minimum Gasteiger partial charge on any atom is -0.506 e. The van der Waals surface area contributed by atoms with Crippen molar-refractivity contribution in [1.29, 1.82) is 0 Å². The molecule has 2 N–H and O–H groups in total. The Bertz CT molecular complexity index is 1780. The molecule has 2 heterocycles. The molecule has 0 bridgehead atoms. The van der Waals surface area contributed by atoms with Crippen LogP contribution in [0.3, 0.4) is 0 Å². The number of amides is 1. The van der Waals surface area contributed by atoms with Gasteiger partial charge in [0.05, 0.1) is 32.0 Å². The number of anilines is 1. The number of para-hydroxylation sites is 1. The van der Waals surface area contributed by atoms with Crippen LogP contribution in [0, 0.1) is 3.57 Å². The van der Waals surface area contributed by atoms with Crippen LogP contribution in [0.2, 0.25) is 0 Å². The number of hydrogen-bond acceptors (Lipinski definition) is 6. The molecule has 1 aliphatic rings. The Labute approximate surface area is 250 Å². The van der Waals surface area contributed by atoms with E-state index in [0.717, 1.165) is 10.0 Å². The number of fused-ring (bicyclic) bond motifs is 1. The summed E-state index contributed by atoms with van der Waals surface area (Å²) in [5, 5.41) is 13.6. The van der Waals surface area contributed by atoms with Gasteiger partial charge < -0.3 is 15.2 Å². The summed E-state index contributed by atoms with van der Waals surface area (Å²) in [5.74, 6) is 0.450. The predicted molar refractivity (Wildman–Crippen MR) is 165 cm³/mol. The van der Waals surface area contributed by atoms with Gasteiger partial charge in [0.25, 0.3) is 11.5 Å². The van der Waals surface area contributed by atoms with Gasteiger partial charge in [-0.25, -0.2) is 4.99 Å². The third-order valence-electron chi connectivity index (χ3n) is 6.15. The number of phenolic OH excluding ortho intramolecular Hbond substituents is 1. The molecule has 198 valence electrons. The maximum absolute atomic E-state index is 13.9. The smallest absolute Gasteiger partial charge is 0.271 e. The predicted octanol–water partition coefficient (Wildman–Crippen LogP) is 5.35. The Hall–Kier alpha value is -3.22. The van der Waals surface area contributed by atoms with Gasteiger partial charge in [-0.15, -0.1) is 0 Å². The molecule has 39 heavy (non-hydrogen) atoms. The lowest BCUT2D eigenvalue weighted by atomic mass is 9.95. The number of aromatic hydroxyl groups is 1. The minimum atomic E-state index is -0.709. The molecule has 5 rings (SSSR count). The van der Waals surface area contributed by atoms with Crippen molar-refractivity contribution in [2.75, 3.05) is 11.9 Å². The number of halogens is 2. The number of benzene rings is 3. The van der Waals surface area contributed by atoms with Gasteiger partial charge in [-0.1, -0.05) is 57.6 Å². The number of aromatic nitrogens is 1. The first-order valence-corrected chi connectivity index (χ1v) is 14.8. The second-order valence-electron chi connectivity index (χ2n) is 8.73. The number of nitrogens with one attached hydrogen (secondary N) is 1. The first kappa shape index (κ1) is 27.4. The van der Waals surface area contributed by atoms with Crippen LogP contribution < -0.4 is 24.9 Å². The third-order valence-corrected chi connectivity index (χ3v) is 8.41. The van der Waals surface area contributed by atoms with Crippen LogP contribution in [0.15, 0.2) is 92.3 Å². The molecule has 0 spiro atoms. The number of phenols is 1. The summed E-state index contributed by atoms with van der Waals surface area (Å²) in [6.45, 7) is 4.22. The average Bonchev–Trinajstić information content (AvgIpc) is 3.21. The van der Waals surface area contributed by atoms with Gasteiger partial charge in [0, 0.05) is 15.7 Å². The number of thiazole rings is 1. The summed E-state index contributed by atoms with van der Waals surface area (Å²) in [7, 11) is 0. The van der Waals surface area contributed by atoms with Crippen LogP contribution in [0.4, 0.5) is 5.69 Å². The summed E-state index contributed by atoms with van der Waals surface area (Å²) in [6, 6.07) is 19.4. The monoisotopic (exact) mass is 715 g/mol. The fourth-order valence-corrected chi connectivity index (χ4v) is 6.99. The Balaban J connectivity index is 1.68. The number of allylic oxidation sites excluding steroid dienone is 1. The van der Waals surface area contributed by atoms with Crippen LogP contribution in [0.5, 0.6) is 11.5 Å². The number of hydrogen-bond donors (Lipinski definition) is 2. The first-order chi connectivity index (χ1) is 18.8. The van der Waals surface area contributed by atoms with E-state index in [1.807, 2.05) is 72.0 Å². The molecule has 4 aromatic rings. The summed E-state index contributed by atoms with van der Waals surface area (Å²) < 4.78 is 9.00. The van der Waals surface area contributed by atoms with Crippen molar-refractivity contribution in [3.8, 4) is 11.5 Å². The SMILES string of the molecule is CCOc1ccc([C@@H]2C(C(=O)Nc3ccccc3)=C(C)N=c3s/c(=C\c4cc(Br)cc(I)c4O)c(=O)n32)cc1. The largest absolute Gasteiger partial charge is 0.506 e. The molecule has 0 saturated carbocycles. The van der Waals surface area contributed by atoms with Crippen LogP contribution in [-0.2, 0) is 4.79 Å². The van der Waals surface area contributed by atoms with Gasteiger partial charge in [-0.2, -0.15) is 0 Å². The fourth-order valence-electron chi connectivity index (χ4n) is 4.40. The second kappa shape index (κ2) is 11.5. The molecule has 7 nitrogen and oxygen atoms in total. The zero-order chi connectivity index (χ0) is 27.7. The highest BCUT2D eigenvalue weighted by Crippen LogP contribution is 2.32. The van der Waals surface area contributed by atoms with Gasteiger partial charge >= 0.3 is 0 Å². The van der Waals surface area contributed by atoms with Gasteiger partial charge in [0.1, 0.15) is 11.5 Å². The molecule has 1 aromatic heterocycles. The molecule has 0 unspecified atom stereocenters. The summed E-state index contributed by atoms with van der Waals surface area (Å²) >= 11 is 6.72. The Morgan fingerprint density at radius 3 is 2.62 bits per heavy atom. The van der Waals surface area contributed by atoms with E-state index in [1.165, 1.54) is 11.3 Å². The van der Waals surface area contributed by atoms with Crippen molar-refractivity contribution in [3.63, 3.8) is 0 Å². The average molecular weight is 716 g/mol. The fraction of sp³-hybridized carbons (Fsp3) is 0.138. The highest BCUT2D eigenvalue weighted by Gasteiger charge is 2.32. The lowest BCUT2D eigenvalue weighted by molar-refractivity contribution is -0.113. The molecular weight excluding hydrogens is 693 g/mol. The number of ether oxygens (including phenoxy) is 1. The summed E-state index contributed by atoms with van der Waals surface area (Å²) in [5.41, 5.74) is 2.50. The number of rotatable bonds is 6. The Morgan fingerprint density at radius 1 is 1.21 bits per heavy atom. The maximum Gasteiger partial charge on any atom is 0.271 e. The van der Waals surface area contributed by atoms with E-state index < -0.39 is 6.04 Å². The van der Waals surface area contributed by atoms with E-state index in [2.05, 4.69) is 26.2 Å². The quantitative estimate of drug-likeness (QED) is 0.264. The molecule has 10 heteroatoms. The minimum absolute atomic E-state index is 0.0896. The van der Waals surface area contributed by atoms with E-state index in [4.69, 9.17) is 4.74 Å². The Kier molecular flexibility index (Phi) is 8.06. The lowest BCUT2D eigenvalue weighted by Crippen LogP contribution is -2.40. The van der Waals surface area contributed by atoms with E-state index in [1.54, 1.807) is 41.8 Å². The molecule has 1 amide bonds. The van der Waals surface area contributed by atoms with E-state index in [0.29, 0.717) is 47.8 Å². The molecule has 1 atom stereocenters. The van der Waals surface area contributed by atoms with Crippen LogP contribution in [0.1, 0.15) is 31.0 Å². The highest BCUT2D eigenvalue weighted by molar-refractivity contribution is 14.1. The van der Waals surface area contributed by atoms with E-state index >= 15 is 0 Å². The Morgan fingerprint density at radius 2 is 1.92 bits per heavy atom. The number of carbonyl (C=O) groups excluding carboxylic acids is 1. The van der Waals surface area contributed by atoms with Gasteiger partial charge in [-0.3, -0.25) is 14.2 Å². The summed E-state index contributed by atoms with van der Waals surface area (Å²) in [6.07, 6.45) is 1.66. The van der Waals surface area contributed by atoms with Crippen LogP contribution >= 0.6 is 49.9 Å². The van der Waals surface area contributed by atoms with Crippen molar-refractivity contribution in [1.82, 2.24) is 4.57 Å².